The van der Waals surface area contributed by atoms with Crippen LogP contribution in [-0.2, 0) is 22.4 Å². The largest absolute Gasteiger partial charge is 0.383 e. The lowest BCUT2D eigenvalue weighted by Crippen LogP contribution is -2.37. The van der Waals surface area contributed by atoms with Gasteiger partial charge >= 0.3 is 0 Å². The summed E-state index contributed by atoms with van der Waals surface area (Å²) in [5.41, 5.74) is 2.71. The van der Waals surface area contributed by atoms with E-state index >= 15 is 0 Å². The molecule has 4 rings (SSSR count). The number of carbonyl (C=O) groups is 1. The fourth-order valence-corrected chi connectivity index (χ4v) is 3.49. The van der Waals surface area contributed by atoms with E-state index in [9.17, 15) is 9.59 Å². The Bertz CT molecular complexity index is 889. The zero-order valence-electron chi connectivity index (χ0n) is 15.1. The quantitative estimate of drug-likeness (QED) is 0.748. The molecule has 0 saturated carbocycles. The van der Waals surface area contributed by atoms with Gasteiger partial charge in [0.25, 0.3) is 5.56 Å². The molecule has 0 bridgehead atoms. The first kappa shape index (κ1) is 17.5. The molecule has 2 aromatic rings. The Morgan fingerprint density at radius 2 is 2.15 bits per heavy atom. The maximum Gasteiger partial charge on any atom is 0.252 e. The Kier molecular flexibility index (Phi) is 5.06. The van der Waals surface area contributed by atoms with Crippen LogP contribution in [0, 0.1) is 0 Å². The lowest BCUT2D eigenvalue weighted by atomic mass is 10.0. The summed E-state index contributed by atoms with van der Waals surface area (Å²) < 4.78 is 5.33. The van der Waals surface area contributed by atoms with Crippen LogP contribution in [-0.4, -0.2) is 48.7 Å². The number of fused-ring (bicyclic) bond motifs is 1. The van der Waals surface area contributed by atoms with Gasteiger partial charge in [-0.15, -0.1) is 0 Å². The summed E-state index contributed by atoms with van der Waals surface area (Å²) in [6.07, 6.45) is 2.10. The third-order valence-electron chi connectivity index (χ3n) is 4.79. The maximum atomic E-state index is 12.5. The summed E-state index contributed by atoms with van der Waals surface area (Å²) in [4.78, 5) is 33.6. The highest BCUT2D eigenvalue weighted by Crippen LogP contribution is 2.30. The van der Waals surface area contributed by atoms with Gasteiger partial charge in [0, 0.05) is 25.7 Å². The molecule has 1 saturated heterocycles. The molecule has 142 valence electrons. The van der Waals surface area contributed by atoms with Crippen LogP contribution in [0.2, 0.25) is 0 Å². The number of hydrogen-bond donors (Lipinski definition) is 3. The van der Waals surface area contributed by atoms with Gasteiger partial charge in [0.05, 0.1) is 31.0 Å². The number of para-hydroxylation sites is 1. The number of ether oxygens (including phenoxy) is 1. The number of aromatic nitrogens is 2. The van der Waals surface area contributed by atoms with Crippen molar-refractivity contribution in [3.05, 3.63) is 46.0 Å². The first-order valence-corrected chi connectivity index (χ1v) is 9.27. The van der Waals surface area contributed by atoms with Crippen LogP contribution in [0.15, 0.2) is 29.1 Å². The number of morpholine rings is 1. The average Bonchev–Trinajstić information content (AvgIpc) is 2.68. The Balaban J connectivity index is 1.48. The van der Waals surface area contributed by atoms with Gasteiger partial charge in [0.1, 0.15) is 11.6 Å². The smallest absolute Gasteiger partial charge is 0.252 e. The molecule has 8 heteroatoms. The highest BCUT2D eigenvalue weighted by molar-refractivity contribution is 5.95. The second kappa shape index (κ2) is 7.79. The van der Waals surface area contributed by atoms with Gasteiger partial charge in [0.2, 0.25) is 5.91 Å². The van der Waals surface area contributed by atoms with Crippen molar-refractivity contribution in [2.45, 2.75) is 19.3 Å². The van der Waals surface area contributed by atoms with Crippen molar-refractivity contribution in [3.8, 4) is 0 Å². The van der Waals surface area contributed by atoms with Gasteiger partial charge < -0.3 is 25.3 Å². The summed E-state index contributed by atoms with van der Waals surface area (Å²) in [6, 6.07) is 7.36. The molecular formula is C19H23N5O3. The fourth-order valence-electron chi connectivity index (χ4n) is 3.49. The molecule has 2 aliphatic heterocycles. The minimum Gasteiger partial charge on any atom is -0.383 e. The van der Waals surface area contributed by atoms with Crippen molar-refractivity contribution >= 4 is 23.1 Å². The molecule has 0 atom stereocenters. The predicted octanol–water partition coefficient (Wildman–Crippen LogP) is 1.15. The molecule has 1 fully saturated rings. The molecule has 0 spiro atoms. The number of carbonyl (C=O) groups excluding carboxylic acids is 1. The van der Waals surface area contributed by atoms with Crippen molar-refractivity contribution in [1.82, 2.24) is 9.97 Å². The van der Waals surface area contributed by atoms with Crippen LogP contribution >= 0.6 is 0 Å². The number of rotatable bonds is 4. The number of aryl methyl sites for hydroxylation is 1. The number of amides is 1. The standard InChI is InChI=1S/C19H23N5O3/c25-17(21-14-5-1-3-13-4-2-6-20-19(13)14)11-15-22-16(12-18(26)23-15)24-7-9-27-10-8-24/h1,3,5,12,20H,2,4,6-11H2,(H,21,25)(H,22,23,26). The number of anilines is 3. The Labute approximate surface area is 156 Å². The Morgan fingerprint density at radius 1 is 1.30 bits per heavy atom. The Hall–Kier alpha value is -2.87. The van der Waals surface area contributed by atoms with Crippen LogP contribution < -0.4 is 21.1 Å². The monoisotopic (exact) mass is 369 g/mol. The zero-order valence-corrected chi connectivity index (χ0v) is 15.1. The molecule has 1 amide bonds. The lowest BCUT2D eigenvalue weighted by molar-refractivity contribution is -0.115. The second-order valence-corrected chi connectivity index (χ2v) is 6.74. The van der Waals surface area contributed by atoms with Crippen molar-refractivity contribution in [2.75, 3.05) is 48.4 Å². The first-order valence-electron chi connectivity index (χ1n) is 9.27. The van der Waals surface area contributed by atoms with E-state index < -0.39 is 0 Å². The lowest BCUT2D eigenvalue weighted by Gasteiger charge is -2.27. The number of nitrogens with zero attached hydrogens (tertiary/aromatic N) is 2. The number of aromatic amines is 1. The van der Waals surface area contributed by atoms with E-state index in [0.29, 0.717) is 37.9 Å². The minimum atomic E-state index is -0.256. The van der Waals surface area contributed by atoms with Crippen molar-refractivity contribution < 1.29 is 9.53 Å². The average molecular weight is 369 g/mol. The van der Waals surface area contributed by atoms with Crippen molar-refractivity contribution in [2.24, 2.45) is 0 Å². The van der Waals surface area contributed by atoms with E-state index in [1.54, 1.807) is 0 Å². The van der Waals surface area contributed by atoms with E-state index in [-0.39, 0.29) is 17.9 Å². The molecule has 3 heterocycles. The molecule has 8 nitrogen and oxygen atoms in total. The van der Waals surface area contributed by atoms with Gasteiger partial charge in [-0.25, -0.2) is 4.98 Å². The molecule has 3 N–H and O–H groups in total. The summed E-state index contributed by atoms with van der Waals surface area (Å²) in [7, 11) is 0. The summed E-state index contributed by atoms with van der Waals surface area (Å²) in [5.74, 6) is 0.737. The maximum absolute atomic E-state index is 12.5. The zero-order chi connectivity index (χ0) is 18.6. The highest BCUT2D eigenvalue weighted by atomic mass is 16.5. The summed E-state index contributed by atoms with van der Waals surface area (Å²) in [6.45, 7) is 3.48. The summed E-state index contributed by atoms with van der Waals surface area (Å²) >= 11 is 0. The number of hydrogen-bond acceptors (Lipinski definition) is 6. The Morgan fingerprint density at radius 3 is 3.00 bits per heavy atom. The summed E-state index contributed by atoms with van der Waals surface area (Å²) in [5, 5.41) is 6.29. The van der Waals surface area contributed by atoms with Gasteiger partial charge in [-0.05, 0) is 24.5 Å². The molecule has 0 unspecified atom stereocenters. The third kappa shape index (κ3) is 4.11. The van der Waals surface area contributed by atoms with Gasteiger partial charge in [-0.2, -0.15) is 0 Å². The van der Waals surface area contributed by atoms with Crippen LogP contribution in [0.3, 0.4) is 0 Å². The van der Waals surface area contributed by atoms with E-state index in [1.807, 2.05) is 17.0 Å². The predicted molar refractivity (Wildman–Crippen MR) is 103 cm³/mol. The highest BCUT2D eigenvalue weighted by Gasteiger charge is 2.17. The van der Waals surface area contributed by atoms with Crippen LogP contribution in [0.25, 0.3) is 0 Å². The van der Waals surface area contributed by atoms with Gasteiger partial charge in [-0.1, -0.05) is 12.1 Å². The number of nitrogens with one attached hydrogen (secondary N) is 3. The van der Waals surface area contributed by atoms with Crippen LogP contribution in [0.5, 0.6) is 0 Å². The molecule has 0 aliphatic carbocycles. The third-order valence-corrected chi connectivity index (χ3v) is 4.79. The topological polar surface area (TPSA) is 99.4 Å². The minimum absolute atomic E-state index is 0.0110. The number of benzene rings is 1. The van der Waals surface area contributed by atoms with E-state index in [2.05, 4.69) is 26.7 Å². The van der Waals surface area contributed by atoms with Gasteiger partial charge in [-0.3, -0.25) is 9.59 Å². The van der Waals surface area contributed by atoms with E-state index in [4.69, 9.17) is 4.74 Å². The fraction of sp³-hybridized carbons (Fsp3) is 0.421. The second-order valence-electron chi connectivity index (χ2n) is 6.74. The van der Waals surface area contributed by atoms with E-state index in [0.717, 1.165) is 30.8 Å². The molecule has 1 aromatic heterocycles. The number of H-pyrrole nitrogens is 1. The van der Waals surface area contributed by atoms with Gasteiger partial charge in [0.15, 0.2) is 0 Å². The van der Waals surface area contributed by atoms with Crippen LogP contribution in [0.1, 0.15) is 17.8 Å². The first-order chi connectivity index (χ1) is 13.2. The molecular weight excluding hydrogens is 346 g/mol. The molecule has 2 aliphatic rings. The molecule has 1 aromatic carbocycles. The van der Waals surface area contributed by atoms with Crippen molar-refractivity contribution in [3.63, 3.8) is 0 Å². The van der Waals surface area contributed by atoms with Crippen molar-refractivity contribution in [1.29, 1.82) is 0 Å². The molecule has 0 radical (unpaired) electrons. The normalized spacial score (nSPS) is 16.4. The molecule has 27 heavy (non-hydrogen) atoms. The SMILES string of the molecule is O=C(Cc1nc(N2CCOCC2)cc(=O)[nH]1)Nc1cccc2c1NCCC2. The van der Waals surface area contributed by atoms with E-state index in [1.165, 1.54) is 11.6 Å². The van der Waals surface area contributed by atoms with Crippen LogP contribution in [0.4, 0.5) is 17.2 Å².